The summed E-state index contributed by atoms with van der Waals surface area (Å²) < 4.78 is 34.3. The first-order valence-corrected chi connectivity index (χ1v) is 10.8. The number of carboxylic acid groups (broad SMARTS) is 1. The first-order valence-electron chi connectivity index (χ1n) is 10.8. The molecule has 8 nitrogen and oxygen atoms in total. The summed E-state index contributed by atoms with van der Waals surface area (Å²) in [4.78, 5) is 11.9. The molecule has 0 aliphatic carbocycles. The van der Waals surface area contributed by atoms with Gasteiger partial charge >= 0.3 is 5.97 Å². The third-order valence-electron chi connectivity index (χ3n) is 5.58. The molecular weight excluding hydrogens is 452 g/mol. The first-order chi connectivity index (χ1) is 17.0. The molecule has 4 aromatic carbocycles. The minimum absolute atomic E-state index is 0.0311. The average Bonchev–Trinajstić information content (AvgIpc) is 2.89. The van der Waals surface area contributed by atoms with Gasteiger partial charge in [0.25, 0.3) is 0 Å². The summed E-state index contributed by atoms with van der Waals surface area (Å²) >= 11 is 0. The Morgan fingerprint density at radius 1 is 0.771 bits per heavy atom. The van der Waals surface area contributed by atoms with Crippen LogP contribution in [0.4, 0.5) is 0 Å². The van der Waals surface area contributed by atoms with Crippen molar-refractivity contribution in [1.29, 1.82) is 0 Å². The van der Waals surface area contributed by atoms with Gasteiger partial charge in [0.05, 0.1) is 37.7 Å². The summed E-state index contributed by atoms with van der Waals surface area (Å²) in [6.45, 7) is 0.231. The Labute approximate surface area is 202 Å². The van der Waals surface area contributed by atoms with Crippen molar-refractivity contribution in [1.82, 2.24) is 0 Å². The van der Waals surface area contributed by atoms with Gasteiger partial charge in [-0.3, -0.25) is 0 Å². The molecule has 0 heterocycles. The van der Waals surface area contributed by atoms with Gasteiger partial charge in [0.2, 0.25) is 0 Å². The fourth-order valence-electron chi connectivity index (χ4n) is 4.05. The topological polar surface area (TPSA) is 92.7 Å². The molecule has 4 rings (SSSR count). The van der Waals surface area contributed by atoms with Crippen molar-refractivity contribution in [2.24, 2.45) is 0 Å². The minimum Gasteiger partial charge on any atom is -0.497 e. The molecule has 0 unspecified atom stereocenters. The van der Waals surface area contributed by atoms with Crippen LogP contribution >= 0.6 is 0 Å². The molecule has 0 aliphatic heterocycles. The lowest BCUT2D eigenvalue weighted by molar-refractivity contribution is 0.0518. The van der Waals surface area contributed by atoms with Gasteiger partial charge in [-0.25, -0.2) is 4.79 Å². The summed E-state index contributed by atoms with van der Waals surface area (Å²) in [5.41, 5.74) is 1.02. The predicted molar refractivity (Wildman–Crippen MR) is 131 cm³/mol. The second-order valence-corrected chi connectivity index (χ2v) is 7.64. The summed E-state index contributed by atoms with van der Waals surface area (Å²) in [5, 5.41) is 12.0. The van der Waals surface area contributed by atoms with Crippen molar-refractivity contribution in [2.45, 2.75) is 6.61 Å². The molecule has 0 fully saturated rings. The van der Waals surface area contributed by atoms with Crippen LogP contribution in [-0.4, -0.2) is 46.3 Å². The van der Waals surface area contributed by atoms with Crippen LogP contribution in [-0.2, 0) is 11.3 Å². The molecule has 0 atom stereocenters. The molecular formula is C27H26O8. The van der Waals surface area contributed by atoms with E-state index in [1.807, 2.05) is 36.4 Å². The van der Waals surface area contributed by atoms with E-state index in [9.17, 15) is 9.90 Å². The lowest BCUT2D eigenvalue weighted by Gasteiger charge is -2.21. The highest BCUT2D eigenvalue weighted by molar-refractivity contribution is 6.16. The molecule has 0 aliphatic rings. The Balaban J connectivity index is 2.07. The van der Waals surface area contributed by atoms with Gasteiger partial charge in [-0.1, -0.05) is 30.3 Å². The maximum absolute atomic E-state index is 11.9. The Hall–Kier alpha value is -4.17. The molecule has 182 valence electrons. The van der Waals surface area contributed by atoms with Crippen LogP contribution in [0.5, 0.6) is 28.7 Å². The van der Waals surface area contributed by atoms with Gasteiger partial charge in [0, 0.05) is 23.9 Å². The zero-order valence-electron chi connectivity index (χ0n) is 19.9. The lowest BCUT2D eigenvalue weighted by Crippen LogP contribution is -2.05. The molecule has 0 saturated heterocycles. The molecule has 0 aromatic heterocycles. The van der Waals surface area contributed by atoms with E-state index in [1.165, 1.54) is 33.5 Å². The molecule has 35 heavy (non-hydrogen) atoms. The molecule has 4 aromatic rings. The zero-order chi connectivity index (χ0) is 24.9. The van der Waals surface area contributed by atoms with Crippen molar-refractivity contribution >= 4 is 27.5 Å². The molecule has 0 amide bonds. The fourth-order valence-corrected chi connectivity index (χ4v) is 4.05. The number of hydrogen-bond acceptors (Lipinski definition) is 7. The van der Waals surface area contributed by atoms with Crippen molar-refractivity contribution in [2.75, 3.05) is 35.2 Å². The molecule has 0 saturated carbocycles. The van der Waals surface area contributed by atoms with Crippen molar-refractivity contribution < 1.29 is 38.3 Å². The zero-order valence-corrected chi connectivity index (χ0v) is 19.9. The first kappa shape index (κ1) is 24.0. The number of carbonyl (C=O) groups is 1. The molecule has 0 bridgehead atoms. The van der Waals surface area contributed by atoms with E-state index in [1.54, 1.807) is 13.2 Å². The van der Waals surface area contributed by atoms with Crippen LogP contribution in [0.15, 0.2) is 54.6 Å². The normalized spacial score (nSPS) is 10.9. The number of carboxylic acids is 1. The fraction of sp³-hybridized carbons (Fsp3) is 0.222. The maximum Gasteiger partial charge on any atom is 0.335 e. The highest BCUT2D eigenvalue weighted by Crippen LogP contribution is 2.51. The summed E-state index contributed by atoms with van der Waals surface area (Å²) in [5.74, 6) is 1.12. The second-order valence-electron chi connectivity index (χ2n) is 7.64. The second kappa shape index (κ2) is 10.4. The highest BCUT2D eigenvalue weighted by atomic mass is 16.7. The summed E-state index contributed by atoms with van der Waals surface area (Å²) in [6, 6.07) is 16.3. The third kappa shape index (κ3) is 4.61. The Bertz CT molecular complexity index is 1360. The van der Waals surface area contributed by atoms with Crippen LogP contribution < -0.4 is 23.7 Å². The minimum atomic E-state index is -1.11. The van der Waals surface area contributed by atoms with E-state index < -0.39 is 5.97 Å². The number of hydrogen-bond donors (Lipinski definition) is 1. The van der Waals surface area contributed by atoms with Gasteiger partial charge in [0.1, 0.15) is 35.4 Å². The predicted octanol–water partition coefficient (Wildman–Crippen LogP) is 5.28. The number of methoxy groups -OCH3 is 4. The van der Waals surface area contributed by atoms with Gasteiger partial charge in [0.15, 0.2) is 6.79 Å². The molecule has 8 heteroatoms. The Morgan fingerprint density at radius 2 is 1.40 bits per heavy atom. The number of rotatable bonds is 10. The number of fused-ring (bicyclic) bond motifs is 2. The number of ether oxygens (including phenoxy) is 6. The van der Waals surface area contributed by atoms with Crippen LogP contribution in [0.3, 0.4) is 0 Å². The molecule has 0 spiro atoms. The van der Waals surface area contributed by atoms with Crippen LogP contribution in [0.2, 0.25) is 0 Å². The van der Waals surface area contributed by atoms with E-state index in [0.717, 1.165) is 5.56 Å². The van der Waals surface area contributed by atoms with E-state index >= 15 is 0 Å². The van der Waals surface area contributed by atoms with Crippen LogP contribution in [0, 0.1) is 0 Å². The van der Waals surface area contributed by atoms with Crippen LogP contribution in [0.1, 0.15) is 15.9 Å². The van der Waals surface area contributed by atoms with Gasteiger partial charge in [-0.2, -0.15) is 0 Å². The lowest BCUT2D eigenvalue weighted by atomic mass is 9.97. The average molecular weight is 478 g/mol. The van der Waals surface area contributed by atoms with Crippen LogP contribution in [0.25, 0.3) is 21.5 Å². The smallest absolute Gasteiger partial charge is 0.335 e. The van der Waals surface area contributed by atoms with Crippen molar-refractivity contribution in [3.05, 3.63) is 65.7 Å². The van der Waals surface area contributed by atoms with Gasteiger partial charge in [-0.05, 0) is 23.8 Å². The number of benzene rings is 4. The van der Waals surface area contributed by atoms with E-state index in [0.29, 0.717) is 51.1 Å². The summed E-state index contributed by atoms with van der Waals surface area (Å²) in [7, 11) is 6.11. The Kier molecular flexibility index (Phi) is 7.12. The van der Waals surface area contributed by atoms with Gasteiger partial charge < -0.3 is 33.5 Å². The largest absolute Gasteiger partial charge is 0.497 e. The van der Waals surface area contributed by atoms with Crippen molar-refractivity contribution in [3.8, 4) is 28.7 Å². The maximum atomic E-state index is 11.9. The molecule has 0 radical (unpaired) electrons. The third-order valence-corrected chi connectivity index (χ3v) is 5.58. The van der Waals surface area contributed by atoms with Crippen molar-refractivity contribution in [3.63, 3.8) is 0 Å². The quantitative estimate of drug-likeness (QED) is 0.243. The standard InChI is InChI=1S/C27H26O8/c1-30-15-35-21-11-17(27(28)29)10-19-23(21)26(33-4)20-12-18(31-2)13-22(24(20)25(19)32-3)34-14-16-8-6-5-7-9-16/h5-13H,14-15H2,1-4H3,(H,28,29). The monoisotopic (exact) mass is 478 g/mol. The van der Waals surface area contributed by atoms with E-state index in [2.05, 4.69) is 0 Å². The van der Waals surface area contributed by atoms with E-state index in [4.69, 9.17) is 28.4 Å². The molecule has 1 N–H and O–H groups in total. The van der Waals surface area contributed by atoms with Gasteiger partial charge in [-0.15, -0.1) is 0 Å². The SMILES string of the molecule is COCOc1cc(C(=O)O)cc2c(OC)c3c(OCc4ccccc4)cc(OC)cc3c(OC)c12. The summed E-state index contributed by atoms with van der Waals surface area (Å²) in [6.07, 6.45) is 0. The number of aromatic carboxylic acids is 1. The Morgan fingerprint density at radius 3 is 1.97 bits per heavy atom. The highest BCUT2D eigenvalue weighted by Gasteiger charge is 2.25. The van der Waals surface area contributed by atoms with E-state index in [-0.39, 0.29) is 18.1 Å².